The Labute approximate surface area is 135 Å². The molecule has 0 heterocycles. The van der Waals surface area contributed by atoms with Crippen LogP contribution in [0.15, 0.2) is 42.5 Å². The lowest BCUT2D eigenvalue weighted by atomic mass is 10.1. The summed E-state index contributed by atoms with van der Waals surface area (Å²) in [4.78, 5) is 14.1. The number of hydrogen-bond acceptors (Lipinski definition) is 3. The maximum atomic E-state index is 13.8. The molecule has 0 aliphatic carbocycles. The minimum absolute atomic E-state index is 0.192. The molecule has 0 bridgehead atoms. The number of halogens is 1. The monoisotopic (exact) mass is 316 g/mol. The molecule has 5 heteroatoms. The van der Waals surface area contributed by atoms with Gasteiger partial charge in [0.15, 0.2) is 11.6 Å². The predicted molar refractivity (Wildman–Crippen MR) is 89.5 cm³/mol. The van der Waals surface area contributed by atoms with Crippen LogP contribution in [0.1, 0.15) is 22.8 Å². The van der Waals surface area contributed by atoms with Crippen LogP contribution in [0.4, 0.5) is 10.1 Å². The largest absolute Gasteiger partial charge is 0.491 e. The van der Waals surface area contributed by atoms with Crippen LogP contribution in [-0.2, 0) is 6.54 Å². The first-order valence-corrected chi connectivity index (χ1v) is 7.48. The highest BCUT2D eigenvalue weighted by Gasteiger charge is 2.08. The molecule has 0 saturated heterocycles. The molecule has 0 fully saturated rings. The first kappa shape index (κ1) is 16.8. The van der Waals surface area contributed by atoms with Crippen LogP contribution in [0.25, 0.3) is 0 Å². The van der Waals surface area contributed by atoms with Crippen molar-refractivity contribution in [2.75, 3.05) is 25.6 Å². The third-order valence-electron chi connectivity index (χ3n) is 3.37. The van der Waals surface area contributed by atoms with Crippen molar-refractivity contribution in [1.82, 2.24) is 5.32 Å². The number of nitrogens with one attached hydrogen (secondary N) is 1. The summed E-state index contributed by atoms with van der Waals surface area (Å²) in [5, 5.41) is 2.80. The molecule has 2 aromatic rings. The van der Waals surface area contributed by atoms with E-state index in [1.54, 1.807) is 25.1 Å². The van der Waals surface area contributed by atoms with Gasteiger partial charge in [-0.25, -0.2) is 4.39 Å². The summed E-state index contributed by atoms with van der Waals surface area (Å²) in [6.45, 7) is 2.47. The number of ether oxygens (including phenoxy) is 1. The Bertz CT molecular complexity index is 686. The molecular weight excluding hydrogens is 295 g/mol. The van der Waals surface area contributed by atoms with E-state index in [4.69, 9.17) is 4.74 Å². The van der Waals surface area contributed by atoms with Gasteiger partial charge in [-0.3, -0.25) is 4.79 Å². The first-order valence-electron chi connectivity index (χ1n) is 7.48. The van der Waals surface area contributed by atoms with Gasteiger partial charge in [-0.05, 0) is 42.8 Å². The van der Waals surface area contributed by atoms with E-state index >= 15 is 0 Å². The molecule has 2 aromatic carbocycles. The van der Waals surface area contributed by atoms with Gasteiger partial charge >= 0.3 is 0 Å². The van der Waals surface area contributed by atoms with E-state index < -0.39 is 5.82 Å². The fourth-order valence-corrected chi connectivity index (χ4v) is 2.14. The van der Waals surface area contributed by atoms with Crippen molar-refractivity contribution in [2.24, 2.45) is 0 Å². The number of anilines is 1. The molecule has 23 heavy (non-hydrogen) atoms. The highest BCUT2D eigenvalue weighted by Crippen LogP contribution is 2.18. The van der Waals surface area contributed by atoms with E-state index in [1.807, 2.05) is 37.2 Å². The minimum atomic E-state index is -0.423. The second-order valence-corrected chi connectivity index (χ2v) is 5.33. The molecule has 0 atom stereocenters. The zero-order chi connectivity index (χ0) is 16.8. The van der Waals surface area contributed by atoms with E-state index in [-0.39, 0.29) is 18.2 Å². The Balaban J connectivity index is 2.01. The molecule has 0 unspecified atom stereocenters. The third kappa shape index (κ3) is 4.45. The summed E-state index contributed by atoms with van der Waals surface area (Å²) >= 11 is 0. The number of carbonyl (C=O) groups excluding carboxylic acids is 1. The zero-order valence-corrected chi connectivity index (χ0v) is 13.6. The Morgan fingerprint density at radius 2 is 2.00 bits per heavy atom. The van der Waals surface area contributed by atoms with Crippen LogP contribution >= 0.6 is 0 Å². The van der Waals surface area contributed by atoms with E-state index in [0.717, 1.165) is 5.69 Å². The number of nitrogens with zero attached hydrogens (tertiary/aromatic N) is 1. The van der Waals surface area contributed by atoms with Crippen LogP contribution in [0.5, 0.6) is 5.75 Å². The number of hydrogen-bond donors (Lipinski definition) is 1. The van der Waals surface area contributed by atoms with Gasteiger partial charge in [0.2, 0.25) is 0 Å². The Kier molecular flexibility index (Phi) is 5.57. The fraction of sp³-hybridized carbons (Fsp3) is 0.278. The summed E-state index contributed by atoms with van der Waals surface area (Å²) in [6.07, 6.45) is 0. The van der Waals surface area contributed by atoms with Gasteiger partial charge in [-0.2, -0.15) is 0 Å². The number of rotatable bonds is 6. The summed E-state index contributed by atoms with van der Waals surface area (Å²) in [5.74, 6) is -0.391. The topological polar surface area (TPSA) is 41.6 Å². The second-order valence-electron chi connectivity index (χ2n) is 5.33. The maximum absolute atomic E-state index is 13.8. The summed E-state index contributed by atoms with van der Waals surface area (Å²) < 4.78 is 18.9. The average molecular weight is 316 g/mol. The van der Waals surface area contributed by atoms with Crippen molar-refractivity contribution >= 4 is 11.6 Å². The fourth-order valence-electron chi connectivity index (χ4n) is 2.14. The molecule has 0 aromatic heterocycles. The predicted octanol–water partition coefficient (Wildman–Crippen LogP) is 3.22. The van der Waals surface area contributed by atoms with Gasteiger partial charge in [-0.1, -0.05) is 12.1 Å². The smallest absolute Gasteiger partial charge is 0.251 e. The molecule has 0 radical (unpaired) electrons. The maximum Gasteiger partial charge on any atom is 0.251 e. The zero-order valence-electron chi connectivity index (χ0n) is 13.6. The molecule has 2 rings (SSSR count). The van der Waals surface area contributed by atoms with Crippen LogP contribution in [-0.4, -0.2) is 26.6 Å². The van der Waals surface area contributed by atoms with Gasteiger partial charge in [0.05, 0.1) is 6.61 Å². The molecule has 4 nitrogen and oxygen atoms in total. The Hall–Kier alpha value is -2.56. The van der Waals surface area contributed by atoms with Crippen molar-refractivity contribution in [3.8, 4) is 5.75 Å². The third-order valence-corrected chi connectivity index (χ3v) is 3.37. The molecule has 0 aliphatic rings. The molecule has 0 spiro atoms. The van der Waals surface area contributed by atoms with Crippen LogP contribution in [0.3, 0.4) is 0 Å². The standard InChI is InChI=1S/C18H21FN2O2/c1-4-23-17-9-8-13(10-16(17)19)12-20-18(22)14-6-5-7-15(11-14)21(2)3/h5-11H,4,12H2,1-3H3,(H,20,22). The normalized spacial score (nSPS) is 10.3. The van der Waals surface area contributed by atoms with Gasteiger partial charge < -0.3 is 15.0 Å². The summed E-state index contributed by atoms with van der Waals surface area (Å²) in [5.41, 5.74) is 2.20. The van der Waals surface area contributed by atoms with Crippen molar-refractivity contribution < 1.29 is 13.9 Å². The lowest BCUT2D eigenvalue weighted by molar-refractivity contribution is 0.0951. The molecular formula is C18H21FN2O2. The molecule has 0 aliphatic heterocycles. The molecule has 1 N–H and O–H groups in total. The van der Waals surface area contributed by atoms with Crippen molar-refractivity contribution in [3.63, 3.8) is 0 Å². The van der Waals surface area contributed by atoms with Gasteiger partial charge in [0, 0.05) is 31.9 Å². The average Bonchev–Trinajstić information content (AvgIpc) is 2.55. The Morgan fingerprint density at radius 3 is 2.65 bits per heavy atom. The number of benzene rings is 2. The first-order chi connectivity index (χ1) is 11.0. The van der Waals surface area contributed by atoms with Crippen molar-refractivity contribution in [3.05, 3.63) is 59.4 Å². The van der Waals surface area contributed by atoms with E-state index in [0.29, 0.717) is 17.7 Å². The Morgan fingerprint density at radius 1 is 1.22 bits per heavy atom. The molecule has 0 saturated carbocycles. The van der Waals surface area contributed by atoms with Gasteiger partial charge in [0.25, 0.3) is 5.91 Å². The minimum Gasteiger partial charge on any atom is -0.491 e. The molecule has 122 valence electrons. The SMILES string of the molecule is CCOc1ccc(CNC(=O)c2cccc(N(C)C)c2)cc1F. The lowest BCUT2D eigenvalue weighted by Crippen LogP contribution is -2.23. The lowest BCUT2D eigenvalue weighted by Gasteiger charge is -2.13. The van der Waals surface area contributed by atoms with Crippen LogP contribution < -0.4 is 15.0 Å². The summed E-state index contributed by atoms with van der Waals surface area (Å²) in [6, 6.07) is 12.0. The molecule has 1 amide bonds. The van der Waals surface area contributed by atoms with Gasteiger partial charge in [-0.15, -0.1) is 0 Å². The van der Waals surface area contributed by atoms with Crippen molar-refractivity contribution in [2.45, 2.75) is 13.5 Å². The quantitative estimate of drug-likeness (QED) is 0.890. The van der Waals surface area contributed by atoms with Crippen molar-refractivity contribution in [1.29, 1.82) is 0 Å². The number of amides is 1. The van der Waals surface area contributed by atoms with Crippen LogP contribution in [0.2, 0.25) is 0 Å². The van der Waals surface area contributed by atoms with E-state index in [1.165, 1.54) is 6.07 Å². The number of carbonyl (C=O) groups is 1. The van der Waals surface area contributed by atoms with E-state index in [2.05, 4.69) is 5.32 Å². The highest BCUT2D eigenvalue weighted by molar-refractivity contribution is 5.95. The second kappa shape index (κ2) is 7.63. The van der Waals surface area contributed by atoms with Gasteiger partial charge in [0.1, 0.15) is 0 Å². The van der Waals surface area contributed by atoms with E-state index in [9.17, 15) is 9.18 Å². The van der Waals surface area contributed by atoms with Crippen LogP contribution in [0, 0.1) is 5.82 Å². The highest BCUT2D eigenvalue weighted by atomic mass is 19.1. The summed E-state index contributed by atoms with van der Waals surface area (Å²) in [7, 11) is 3.83.